The predicted molar refractivity (Wildman–Crippen MR) is 76.8 cm³/mol. The second-order valence-corrected chi connectivity index (χ2v) is 8.61. The number of ketones is 1. The van der Waals surface area contributed by atoms with Gasteiger partial charge in [-0.05, 0) is 5.41 Å². The Bertz CT molecular complexity index is 691. The number of halogens is 3. The third-order valence-corrected chi connectivity index (χ3v) is 4.54. The zero-order valence-electron chi connectivity index (χ0n) is 13.6. The summed E-state index contributed by atoms with van der Waals surface area (Å²) in [7, 11) is -5.96. The van der Waals surface area contributed by atoms with Crippen molar-refractivity contribution < 1.29 is 35.5 Å². The van der Waals surface area contributed by atoms with Crippen LogP contribution in [-0.4, -0.2) is 30.2 Å². The normalized spacial score (nSPS) is 19.4. The van der Waals surface area contributed by atoms with Crippen LogP contribution in [-0.2, 0) is 19.1 Å². The maximum Gasteiger partial charge on any atom is 0.534 e. The first-order valence-corrected chi connectivity index (χ1v) is 8.30. The number of carbonyl (C=O) groups excluding carboxylic acids is 1. The monoisotopic (exact) mass is 373 g/mol. The maximum absolute atomic E-state index is 12.5. The second-order valence-electron chi connectivity index (χ2n) is 7.07. The first-order valence-electron chi connectivity index (χ1n) is 6.89. The Labute approximate surface area is 137 Å². The minimum atomic E-state index is -5.96. The second kappa shape index (κ2) is 6.01. The van der Waals surface area contributed by atoms with Crippen molar-refractivity contribution in [1.82, 2.24) is 0 Å². The van der Waals surface area contributed by atoms with Crippen LogP contribution in [0.3, 0.4) is 0 Å². The molecule has 0 unspecified atom stereocenters. The molecule has 7 nitrogen and oxygen atoms in total. The first-order chi connectivity index (χ1) is 10.5. The van der Waals surface area contributed by atoms with Gasteiger partial charge in [-0.3, -0.25) is 14.9 Å². The van der Waals surface area contributed by atoms with Crippen molar-refractivity contribution in [3.63, 3.8) is 0 Å². The van der Waals surface area contributed by atoms with Gasteiger partial charge in [0.25, 0.3) is 0 Å². The Balaban J connectivity index is 3.39. The summed E-state index contributed by atoms with van der Waals surface area (Å²) >= 11 is 0. The van der Waals surface area contributed by atoms with E-state index in [1.54, 1.807) is 13.8 Å². The average Bonchev–Trinajstić information content (AvgIpc) is 2.30. The molecule has 0 aromatic carbocycles. The lowest BCUT2D eigenvalue weighted by atomic mass is 9.74. The first kappa shape index (κ1) is 20.4. The maximum atomic E-state index is 12.5. The standard InChI is InChI=1S/C13H18F3NO6S/c1-11(2)6-9(18)8(5-12(3,4)17(19)20)10(7-11)23-24(21,22)13(14,15)16/h5-7H2,1-4H3. The quantitative estimate of drug-likeness (QED) is 0.318. The van der Waals surface area contributed by atoms with Crippen LogP contribution in [0.1, 0.15) is 47.0 Å². The zero-order chi connectivity index (χ0) is 19.1. The lowest BCUT2D eigenvalue weighted by molar-refractivity contribution is -0.559. The molecule has 0 N–H and O–H groups in total. The summed E-state index contributed by atoms with van der Waals surface area (Å²) < 4.78 is 64.3. The molecule has 0 aromatic rings. The molecule has 0 radical (unpaired) electrons. The molecule has 1 rings (SSSR count). The van der Waals surface area contributed by atoms with E-state index < -0.39 is 49.5 Å². The lowest BCUT2D eigenvalue weighted by Gasteiger charge is -2.32. The predicted octanol–water partition coefficient (Wildman–Crippen LogP) is 2.94. The van der Waals surface area contributed by atoms with Crippen molar-refractivity contribution in [2.45, 2.75) is 58.0 Å². The van der Waals surface area contributed by atoms with Gasteiger partial charge >= 0.3 is 15.6 Å². The van der Waals surface area contributed by atoms with E-state index in [1.165, 1.54) is 13.8 Å². The number of carbonyl (C=O) groups is 1. The number of alkyl halides is 3. The largest absolute Gasteiger partial charge is 0.534 e. The van der Waals surface area contributed by atoms with E-state index in [0.717, 1.165) is 0 Å². The van der Waals surface area contributed by atoms with Crippen molar-refractivity contribution in [1.29, 1.82) is 0 Å². The molecule has 1 aliphatic rings. The van der Waals surface area contributed by atoms with Gasteiger partial charge in [0.15, 0.2) is 5.78 Å². The molecule has 0 fully saturated rings. The number of hydrogen-bond acceptors (Lipinski definition) is 6. The number of allylic oxidation sites excluding steroid dienone is 1. The third-order valence-electron chi connectivity index (χ3n) is 3.55. The van der Waals surface area contributed by atoms with Crippen LogP contribution in [0, 0.1) is 15.5 Å². The Morgan fingerprint density at radius 2 is 1.75 bits per heavy atom. The van der Waals surface area contributed by atoms with Crippen LogP contribution in [0.25, 0.3) is 0 Å². The molecule has 0 bridgehead atoms. The molecule has 138 valence electrons. The van der Waals surface area contributed by atoms with Gasteiger partial charge in [0, 0.05) is 43.6 Å². The van der Waals surface area contributed by atoms with Gasteiger partial charge in [-0.15, -0.1) is 0 Å². The molecule has 11 heteroatoms. The van der Waals surface area contributed by atoms with Crippen LogP contribution in [0.4, 0.5) is 13.2 Å². The van der Waals surface area contributed by atoms with Crippen LogP contribution >= 0.6 is 0 Å². The van der Waals surface area contributed by atoms with Gasteiger partial charge in [-0.2, -0.15) is 21.6 Å². The van der Waals surface area contributed by atoms with Crippen LogP contribution < -0.4 is 0 Å². The number of nitro groups is 1. The van der Waals surface area contributed by atoms with E-state index in [4.69, 9.17) is 0 Å². The SMILES string of the molecule is CC1(C)CC(=O)C(CC(C)(C)[N+](=O)[O-])=C(OS(=O)(=O)C(F)(F)F)C1. The van der Waals surface area contributed by atoms with E-state index in [2.05, 4.69) is 4.18 Å². The lowest BCUT2D eigenvalue weighted by Crippen LogP contribution is -2.36. The van der Waals surface area contributed by atoms with Gasteiger partial charge in [0.2, 0.25) is 5.54 Å². The van der Waals surface area contributed by atoms with Crippen LogP contribution in [0.5, 0.6) is 0 Å². The summed E-state index contributed by atoms with van der Waals surface area (Å²) in [6.07, 6.45) is -0.857. The Kier molecular flexibility index (Phi) is 5.11. The van der Waals surface area contributed by atoms with Gasteiger partial charge in [0.05, 0.1) is 0 Å². The Morgan fingerprint density at radius 3 is 2.17 bits per heavy atom. The number of hydrogen-bond donors (Lipinski definition) is 0. The number of nitrogens with zero attached hydrogens (tertiary/aromatic N) is 1. The van der Waals surface area contributed by atoms with Gasteiger partial charge in [0.1, 0.15) is 5.76 Å². The number of rotatable bonds is 5. The van der Waals surface area contributed by atoms with Crippen LogP contribution in [0.15, 0.2) is 11.3 Å². The average molecular weight is 373 g/mol. The highest BCUT2D eigenvalue weighted by atomic mass is 32.2. The Hall–Kier alpha value is -1.65. The molecule has 0 aliphatic heterocycles. The minimum absolute atomic E-state index is 0.0744. The summed E-state index contributed by atoms with van der Waals surface area (Å²) in [6.45, 7) is 5.49. The van der Waals surface area contributed by atoms with Crippen molar-refractivity contribution in [2.24, 2.45) is 5.41 Å². The van der Waals surface area contributed by atoms with Gasteiger partial charge < -0.3 is 4.18 Å². The summed E-state index contributed by atoms with van der Waals surface area (Å²) in [5.74, 6) is -1.34. The molecule has 0 spiro atoms. The minimum Gasteiger partial charge on any atom is -0.380 e. The highest BCUT2D eigenvalue weighted by Gasteiger charge is 2.50. The summed E-state index contributed by atoms with van der Waals surface area (Å²) in [5, 5.41) is 11.0. The van der Waals surface area contributed by atoms with Crippen molar-refractivity contribution in [3.05, 3.63) is 21.4 Å². The molecule has 0 saturated heterocycles. The highest BCUT2D eigenvalue weighted by Crippen LogP contribution is 2.42. The van der Waals surface area contributed by atoms with E-state index in [9.17, 15) is 36.5 Å². The fourth-order valence-electron chi connectivity index (χ4n) is 2.25. The van der Waals surface area contributed by atoms with Gasteiger partial charge in [-0.1, -0.05) is 13.8 Å². The van der Waals surface area contributed by atoms with Crippen molar-refractivity contribution in [3.8, 4) is 0 Å². The fourth-order valence-corrected chi connectivity index (χ4v) is 2.77. The molecule has 0 aromatic heterocycles. The molecule has 0 saturated carbocycles. The summed E-state index contributed by atoms with van der Waals surface area (Å²) in [4.78, 5) is 22.5. The highest BCUT2D eigenvalue weighted by molar-refractivity contribution is 7.87. The molecule has 24 heavy (non-hydrogen) atoms. The number of Topliss-reactive ketones (excluding diaryl/α,β-unsaturated/α-hetero) is 1. The van der Waals surface area contributed by atoms with E-state index >= 15 is 0 Å². The van der Waals surface area contributed by atoms with Crippen LogP contribution in [0.2, 0.25) is 0 Å². The summed E-state index contributed by atoms with van der Waals surface area (Å²) in [6, 6.07) is 0. The van der Waals surface area contributed by atoms with Crippen molar-refractivity contribution >= 4 is 15.9 Å². The molecule has 0 amide bonds. The molecule has 1 aliphatic carbocycles. The molecular formula is C13H18F3NO6S. The van der Waals surface area contributed by atoms with Gasteiger partial charge in [-0.25, -0.2) is 0 Å². The zero-order valence-corrected chi connectivity index (χ0v) is 14.4. The van der Waals surface area contributed by atoms with E-state index in [-0.39, 0.29) is 18.4 Å². The molecule has 0 atom stereocenters. The van der Waals surface area contributed by atoms with E-state index in [1.807, 2.05) is 0 Å². The van der Waals surface area contributed by atoms with E-state index in [0.29, 0.717) is 0 Å². The molecular weight excluding hydrogens is 355 g/mol. The topological polar surface area (TPSA) is 104 Å². The smallest absolute Gasteiger partial charge is 0.380 e. The van der Waals surface area contributed by atoms with Crippen molar-refractivity contribution in [2.75, 3.05) is 0 Å². The third kappa shape index (κ3) is 4.46. The fraction of sp³-hybridized carbons (Fsp3) is 0.769. The Morgan fingerprint density at radius 1 is 1.25 bits per heavy atom. The molecule has 0 heterocycles. The summed E-state index contributed by atoms with van der Waals surface area (Å²) in [5.41, 5.74) is -8.53.